The molecule has 17 heavy (non-hydrogen) atoms. The summed E-state index contributed by atoms with van der Waals surface area (Å²) < 4.78 is 2.01. The number of pyridine rings is 1. The van der Waals surface area contributed by atoms with E-state index in [1.807, 2.05) is 22.9 Å². The lowest BCUT2D eigenvalue weighted by Crippen LogP contribution is -2.19. The van der Waals surface area contributed by atoms with Gasteiger partial charge in [0.05, 0.1) is 6.33 Å². The molecule has 0 radical (unpaired) electrons. The van der Waals surface area contributed by atoms with Crippen LogP contribution in [0.4, 0.5) is 0 Å². The third-order valence-corrected chi connectivity index (χ3v) is 2.37. The molecule has 86 valence electrons. The van der Waals surface area contributed by atoms with Crippen LogP contribution in [0.2, 0.25) is 0 Å². The van der Waals surface area contributed by atoms with Crippen LogP contribution in [0, 0.1) is 11.3 Å². The lowest BCUT2D eigenvalue weighted by atomic mass is 10.2. The first-order valence-electron chi connectivity index (χ1n) is 5.40. The summed E-state index contributed by atoms with van der Waals surface area (Å²) in [6.45, 7) is 2.49. The van der Waals surface area contributed by atoms with Crippen molar-refractivity contribution in [2.45, 2.75) is 13.1 Å². The van der Waals surface area contributed by atoms with Gasteiger partial charge in [-0.1, -0.05) is 0 Å². The first kappa shape index (κ1) is 11.3. The topological polar surface area (TPSA) is 66.5 Å². The Bertz CT molecular complexity index is 498. The van der Waals surface area contributed by atoms with E-state index in [9.17, 15) is 0 Å². The van der Waals surface area contributed by atoms with Crippen molar-refractivity contribution in [1.29, 1.82) is 5.26 Å². The van der Waals surface area contributed by atoms with Crippen molar-refractivity contribution in [3.05, 3.63) is 48.3 Å². The summed E-state index contributed by atoms with van der Waals surface area (Å²) in [5, 5.41) is 12.0. The number of aromatic nitrogens is 3. The summed E-state index contributed by atoms with van der Waals surface area (Å²) in [4.78, 5) is 7.90. The molecule has 1 N–H and O–H groups in total. The molecule has 0 aliphatic carbocycles. The molecule has 0 unspecified atom stereocenters. The van der Waals surface area contributed by atoms with E-state index in [1.54, 1.807) is 24.8 Å². The van der Waals surface area contributed by atoms with Crippen molar-refractivity contribution in [1.82, 2.24) is 19.9 Å². The van der Waals surface area contributed by atoms with Crippen LogP contribution in [0.15, 0.2) is 37.1 Å². The number of nitrogens with one attached hydrogen (secondary N) is 1. The lowest BCUT2D eigenvalue weighted by molar-refractivity contribution is 0.597. The summed E-state index contributed by atoms with van der Waals surface area (Å²) in [5.41, 5.74) is 1.53. The van der Waals surface area contributed by atoms with Crippen molar-refractivity contribution in [2.24, 2.45) is 0 Å². The van der Waals surface area contributed by atoms with Gasteiger partial charge < -0.3 is 9.88 Å². The first-order chi connectivity index (χ1) is 8.38. The van der Waals surface area contributed by atoms with E-state index in [2.05, 4.69) is 15.3 Å². The summed E-state index contributed by atoms with van der Waals surface area (Å²) in [6.07, 6.45) is 7.15. The lowest BCUT2D eigenvalue weighted by Gasteiger charge is -2.05. The van der Waals surface area contributed by atoms with E-state index < -0.39 is 0 Å². The molecule has 5 heteroatoms. The van der Waals surface area contributed by atoms with E-state index in [0.29, 0.717) is 5.69 Å². The van der Waals surface area contributed by atoms with Gasteiger partial charge in [-0.2, -0.15) is 5.26 Å². The molecule has 0 amide bonds. The SMILES string of the molecule is N#Cc1cc(CNCCn2ccnc2)ccn1. The maximum atomic E-state index is 8.72. The fraction of sp³-hybridized carbons (Fsp3) is 0.250. The molecule has 0 spiro atoms. The molecule has 0 aromatic carbocycles. The fourth-order valence-electron chi connectivity index (χ4n) is 1.51. The molecule has 0 fully saturated rings. The molecule has 0 saturated carbocycles. The second kappa shape index (κ2) is 5.77. The number of hydrogen-bond donors (Lipinski definition) is 1. The number of hydrogen-bond acceptors (Lipinski definition) is 4. The van der Waals surface area contributed by atoms with Crippen LogP contribution in [-0.2, 0) is 13.1 Å². The summed E-state index contributed by atoms with van der Waals surface area (Å²) in [5.74, 6) is 0. The normalized spacial score (nSPS) is 10.1. The Morgan fingerprint density at radius 1 is 1.41 bits per heavy atom. The Balaban J connectivity index is 1.76. The van der Waals surface area contributed by atoms with Crippen LogP contribution in [0.5, 0.6) is 0 Å². The molecule has 2 rings (SSSR count). The van der Waals surface area contributed by atoms with Crippen molar-refractivity contribution >= 4 is 0 Å². The minimum absolute atomic E-state index is 0.457. The third kappa shape index (κ3) is 3.40. The second-order valence-corrected chi connectivity index (χ2v) is 3.64. The predicted octanol–water partition coefficient (Wildman–Crippen LogP) is 0.940. The molecule has 0 aliphatic heterocycles. The van der Waals surface area contributed by atoms with Gasteiger partial charge in [-0.15, -0.1) is 0 Å². The zero-order chi connectivity index (χ0) is 11.9. The van der Waals surface area contributed by atoms with Crippen LogP contribution in [0.3, 0.4) is 0 Å². The van der Waals surface area contributed by atoms with Crippen molar-refractivity contribution in [3.8, 4) is 6.07 Å². The number of imidazole rings is 1. The molecule has 0 bridgehead atoms. The van der Waals surface area contributed by atoms with Crippen LogP contribution < -0.4 is 5.32 Å². The van der Waals surface area contributed by atoms with Gasteiger partial charge in [0.1, 0.15) is 11.8 Å². The molecule has 2 aromatic rings. The van der Waals surface area contributed by atoms with E-state index in [-0.39, 0.29) is 0 Å². The number of nitriles is 1. The summed E-state index contributed by atoms with van der Waals surface area (Å²) >= 11 is 0. The Hall–Kier alpha value is -2.19. The average molecular weight is 227 g/mol. The van der Waals surface area contributed by atoms with Gasteiger partial charge in [0, 0.05) is 38.2 Å². The summed E-state index contributed by atoms with van der Waals surface area (Å²) in [6, 6.07) is 5.73. The van der Waals surface area contributed by atoms with Crippen LogP contribution in [0.1, 0.15) is 11.3 Å². The third-order valence-electron chi connectivity index (χ3n) is 2.37. The summed E-state index contributed by atoms with van der Waals surface area (Å²) in [7, 11) is 0. The monoisotopic (exact) mass is 227 g/mol. The number of rotatable bonds is 5. The largest absolute Gasteiger partial charge is 0.336 e. The zero-order valence-electron chi connectivity index (χ0n) is 9.37. The van der Waals surface area contributed by atoms with Crippen molar-refractivity contribution < 1.29 is 0 Å². The first-order valence-corrected chi connectivity index (χ1v) is 5.40. The van der Waals surface area contributed by atoms with Gasteiger partial charge in [-0.05, 0) is 17.7 Å². The highest BCUT2D eigenvalue weighted by atomic mass is 15.0. The van der Waals surface area contributed by atoms with Crippen LogP contribution in [0.25, 0.3) is 0 Å². The molecule has 0 atom stereocenters. The van der Waals surface area contributed by atoms with Gasteiger partial charge in [0.15, 0.2) is 0 Å². The molecule has 0 saturated heterocycles. The van der Waals surface area contributed by atoms with Crippen molar-refractivity contribution in [2.75, 3.05) is 6.54 Å². The Morgan fingerprint density at radius 2 is 2.35 bits per heavy atom. The second-order valence-electron chi connectivity index (χ2n) is 3.64. The van der Waals surface area contributed by atoms with Crippen LogP contribution >= 0.6 is 0 Å². The molecule has 0 aliphatic rings. The van der Waals surface area contributed by atoms with Gasteiger partial charge in [-0.3, -0.25) is 0 Å². The van der Waals surface area contributed by atoms with Crippen molar-refractivity contribution in [3.63, 3.8) is 0 Å². The van der Waals surface area contributed by atoms with Gasteiger partial charge >= 0.3 is 0 Å². The molecule has 5 nitrogen and oxygen atoms in total. The highest BCUT2D eigenvalue weighted by Crippen LogP contribution is 2.00. The smallest absolute Gasteiger partial charge is 0.140 e. The molecular formula is C12H13N5. The Labute approximate surface area is 99.7 Å². The highest BCUT2D eigenvalue weighted by Gasteiger charge is 1.96. The standard InChI is InChI=1S/C12H13N5/c13-8-12-7-11(1-2-16-12)9-14-3-5-17-6-4-15-10-17/h1-2,4,6-7,10,14H,3,5,9H2. The Morgan fingerprint density at radius 3 is 3.12 bits per heavy atom. The Kier molecular flexibility index (Phi) is 3.84. The highest BCUT2D eigenvalue weighted by molar-refractivity contribution is 5.25. The molecular weight excluding hydrogens is 214 g/mol. The fourth-order valence-corrected chi connectivity index (χ4v) is 1.51. The zero-order valence-corrected chi connectivity index (χ0v) is 9.37. The van der Waals surface area contributed by atoms with E-state index >= 15 is 0 Å². The maximum Gasteiger partial charge on any atom is 0.140 e. The molecule has 2 aromatic heterocycles. The average Bonchev–Trinajstić information content (AvgIpc) is 2.88. The maximum absolute atomic E-state index is 8.72. The minimum atomic E-state index is 0.457. The number of nitrogens with zero attached hydrogens (tertiary/aromatic N) is 4. The van der Waals surface area contributed by atoms with Gasteiger partial charge in [0.25, 0.3) is 0 Å². The quantitative estimate of drug-likeness (QED) is 0.772. The van der Waals surface area contributed by atoms with E-state index in [1.165, 1.54) is 0 Å². The van der Waals surface area contributed by atoms with E-state index in [4.69, 9.17) is 5.26 Å². The minimum Gasteiger partial charge on any atom is -0.336 e. The molecule has 2 heterocycles. The van der Waals surface area contributed by atoms with Gasteiger partial charge in [-0.25, -0.2) is 9.97 Å². The van der Waals surface area contributed by atoms with E-state index in [0.717, 1.165) is 25.2 Å². The van der Waals surface area contributed by atoms with Crippen LogP contribution in [-0.4, -0.2) is 21.1 Å². The predicted molar refractivity (Wildman–Crippen MR) is 62.9 cm³/mol. The van der Waals surface area contributed by atoms with Gasteiger partial charge in [0.2, 0.25) is 0 Å².